The molecule has 0 fully saturated rings. The number of carbonyl (C=O) groups is 1. The number of nitro benzene ring substituents is 1. The summed E-state index contributed by atoms with van der Waals surface area (Å²) in [6.45, 7) is 1.33. The van der Waals surface area contributed by atoms with Gasteiger partial charge in [-0.2, -0.15) is 0 Å². The summed E-state index contributed by atoms with van der Waals surface area (Å²) in [7, 11) is 0. The standard InChI is InChI=1S/C16H12FNO3/c1-11(19)15(14-7-2-3-8-16(14)17)10-12-5-4-6-13(9-12)18(20)21/h2-10H,1H3. The van der Waals surface area contributed by atoms with Gasteiger partial charge in [-0.05, 0) is 24.6 Å². The third-order valence-electron chi connectivity index (χ3n) is 2.94. The van der Waals surface area contributed by atoms with Crippen molar-refractivity contribution in [1.29, 1.82) is 0 Å². The molecule has 5 heteroatoms. The fourth-order valence-corrected chi connectivity index (χ4v) is 1.94. The molecule has 0 radical (unpaired) electrons. The predicted octanol–water partition coefficient (Wildman–Crippen LogP) is 3.86. The highest BCUT2D eigenvalue weighted by Gasteiger charge is 2.12. The summed E-state index contributed by atoms with van der Waals surface area (Å²) in [6.07, 6.45) is 1.45. The summed E-state index contributed by atoms with van der Waals surface area (Å²) in [6, 6.07) is 11.8. The van der Waals surface area contributed by atoms with Crippen LogP contribution in [0.2, 0.25) is 0 Å². The zero-order valence-corrected chi connectivity index (χ0v) is 11.2. The van der Waals surface area contributed by atoms with Gasteiger partial charge in [0, 0.05) is 23.3 Å². The Morgan fingerprint density at radius 1 is 1.19 bits per heavy atom. The van der Waals surface area contributed by atoms with E-state index in [2.05, 4.69) is 0 Å². The molecule has 0 aliphatic rings. The molecule has 21 heavy (non-hydrogen) atoms. The Hall–Kier alpha value is -2.82. The van der Waals surface area contributed by atoms with Gasteiger partial charge >= 0.3 is 0 Å². The number of hydrogen-bond donors (Lipinski definition) is 0. The van der Waals surface area contributed by atoms with E-state index >= 15 is 0 Å². The lowest BCUT2D eigenvalue weighted by Gasteiger charge is -2.06. The third-order valence-corrected chi connectivity index (χ3v) is 2.94. The molecule has 0 bridgehead atoms. The monoisotopic (exact) mass is 285 g/mol. The van der Waals surface area contributed by atoms with E-state index in [1.807, 2.05) is 0 Å². The number of hydrogen-bond acceptors (Lipinski definition) is 3. The SMILES string of the molecule is CC(=O)C(=Cc1cccc([N+](=O)[O-])c1)c1ccccc1F. The minimum atomic E-state index is -0.520. The fraction of sp³-hybridized carbons (Fsp3) is 0.0625. The van der Waals surface area contributed by atoms with Crippen molar-refractivity contribution in [1.82, 2.24) is 0 Å². The minimum Gasteiger partial charge on any atom is -0.294 e. The number of carbonyl (C=O) groups excluding carboxylic acids is 1. The van der Waals surface area contributed by atoms with E-state index < -0.39 is 10.7 Å². The molecule has 0 saturated heterocycles. The van der Waals surface area contributed by atoms with Crippen molar-refractivity contribution in [2.75, 3.05) is 0 Å². The molecule has 106 valence electrons. The van der Waals surface area contributed by atoms with E-state index in [-0.39, 0.29) is 22.6 Å². The Bertz CT molecular complexity index is 738. The normalized spacial score (nSPS) is 11.2. The van der Waals surface area contributed by atoms with E-state index in [9.17, 15) is 19.3 Å². The Kier molecular flexibility index (Phi) is 4.23. The Labute approximate surface area is 120 Å². The lowest BCUT2D eigenvalue weighted by molar-refractivity contribution is -0.384. The van der Waals surface area contributed by atoms with Crippen LogP contribution in [0.25, 0.3) is 11.6 Å². The van der Waals surface area contributed by atoms with Gasteiger partial charge in [0.15, 0.2) is 5.78 Å². The highest BCUT2D eigenvalue weighted by Crippen LogP contribution is 2.23. The van der Waals surface area contributed by atoms with Crippen LogP contribution in [-0.2, 0) is 4.79 Å². The number of rotatable bonds is 4. The molecule has 0 amide bonds. The zero-order valence-electron chi connectivity index (χ0n) is 11.2. The molecule has 0 aliphatic carbocycles. The first kappa shape index (κ1) is 14.6. The number of non-ortho nitro benzene ring substituents is 1. The third kappa shape index (κ3) is 3.39. The van der Waals surface area contributed by atoms with E-state index in [1.165, 1.54) is 49.4 Å². The second-order valence-electron chi connectivity index (χ2n) is 4.45. The first-order valence-electron chi connectivity index (χ1n) is 6.21. The van der Waals surface area contributed by atoms with Gasteiger partial charge in [-0.1, -0.05) is 30.3 Å². The molecule has 4 nitrogen and oxygen atoms in total. The summed E-state index contributed by atoms with van der Waals surface area (Å²) >= 11 is 0. The van der Waals surface area contributed by atoms with Gasteiger partial charge in [-0.25, -0.2) is 4.39 Å². The smallest absolute Gasteiger partial charge is 0.270 e. The summed E-state index contributed by atoms with van der Waals surface area (Å²) in [5.41, 5.74) is 0.739. The van der Waals surface area contributed by atoms with Crippen molar-refractivity contribution in [2.45, 2.75) is 6.92 Å². The van der Waals surface area contributed by atoms with Crippen molar-refractivity contribution in [3.8, 4) is 0 Å². The number of benzene rings is 2. The highest BCUT2D eigenvalue weighted by molar-refractivity contribution is 6.24. The zero-order chi connectivity index (χ0) is 15.4. The van der Waals surface area contributed by atoms with Crippen molar-refractivity contribution < 1.29 is 14.1 Å². The number of halogens is 1. The molecule has 0 heterocycles. The molecule has 2 aromatic rings. The number of ketones is 1. The molecule has 0 aromatic heterocycles. The maximum Gasteiger partial charge on any atom is 0.270 e. The maximum atomic E-state index is 13.8. The van der Waals surface area contributed by atoms with Crippen LogP contribution < -0.4 is 0 Å². The van der Waals surface area contributed by atoms with Gasteiger partial charge in [0.25, 0.3) is 5.69 Å². The highest BCUT2D eigenvalue weighted by atomic mass is 19.1. The van der Waals surface area contributed by atoms with Gasteiger partial charge in [0.05, 0.1) is 4.92 Å². The van der Waals surface area contributed by atoms with Gasteiger partial charge in [0.1, 0.15) is 5.82 Å². The van der Waals surface area contributed by atoms with Crippen LogP contribution in [0.3, 0.4) is 0 Å². The van der Waals surface area contributed by atoms with Crippen molar-refractivity contribution >= 4 is 23.1 Å². The average molecular weight is 285 g/mol. The number of Topliss-reactive ketones (excluding diaryl/α,β-unsaturated/α-hetero) is 1. The molecule has 0 spiro atoms. The van der Waals surface area contributed by atoms with Crippen LogP contribution in [0.15, 0.2) is 48.5 Å². The predicted molar refractivity (Wildman–Crippen MR) is 78.0 cm³/mol. The van der Waals surface area contributed by atoms with Crippen LogP contribution in [0, 0.1) is 15.9 Å². The van der Waals surface area contributed by atoms with Crippen LogP contribution in [-0.4, -0.2) is 10.7 Å². The van der Waals surface area contributed by atoms with Gasteiger partial charge in [-0.3, -0.25) is 14.9 Å². The minimum absolute atomic E-state index is 0.0832. The molecular weight excluding hydrogens is 273 g/mol. The van der Waals surface area contributed by atoms with Crippen LogP contribution in [0.1, 0.15) is 18.1 Å². The lowest BCUT2D eigenvalue weighted by atomic mass is 9.99. The second kappa shape index (κ2) is 6.09. The summed E-state index contributed by atoms with van der Waals surface area (Å²) in [4.78, 5) is 22.0. The van der Waals surface area contributed by atoms with Crippen LogP contribution >= 0.6 is 0 Å². The summed E-state index contributed by atoms with van der Waals surface area (Å²) < 4.78 is 13.8. The first-order valence-corrected chi connectivity index (χ1v) is 6.21. The summed E-state index contributed by atoms with van der Waals surface area (Å²) in [5.74, 6) is -0.823. The fourth-order valence-electron chi connectivity index (χ4n) is 1.94. The van der Waals surface area contributed by atoms with Crippen molar-refractivity contribution in [3.05, 3.63) is 75.6 Å². The molecule has 0 unspecified atom stereocenters. The molecule has 2 aromatic carbocycles. The topological polar surface area (TPSA) is 60.2 Å². The molecule has 0 N–H and O–H groups in total. The quantitative estimate of drug-likeness (QED) is 0.371. The van der Waals surface area contributed by atoms with Crippen LogP contribution in [0.5, 0.6) is 0 Å². The van der Waals surface area contributed by atoms with Crippen molar-refractivity contribution in [2.24, 2.45) is 0 Å². The number of allylic oxidation sites excluding steroid dienone is 1. The van der Waals surface area contributed by atoms with E-state index in [4.69, 9.17) is 0 Å². The molecule has 0 atom stereocenters. The largest absolute Gasteiger partial charge is 0.294 e. The van der Waals surface area contributed by atoms with E-state index in [1.54, 1.807) is 12.1 Å². The maximum absolute atomic E-state index is 13.8. The second-order valence-corrected chi connectivity index (χ2v) is 4.45. The van der Waals surface area contributed by atoms with E-state index in [0.29, 0.717) is 5.56 Å². The molecule has 0 aliphatic heterocycles. The first-order chi connectivity index (χ1) is 9.99. The Morgan fingerprint density at radius 2 is 1.90 bits per heavy atom. The van der Waals surface area contributed by atoms with Gasteiger partial charge < -0.3 is 0 Å². The van der Waals surface area contributed by atoms with Crippen LogP contribution in [0.4, 0.5) is 10.1 Å². The Balaban J connectivity index is 2.53. The average Bonchev–Trinajstić information content (AvgIpc) is 2.45. The molecular formula is C16H12FNO3. The lowest BCUT2D eigenvalue weighted by Crippen LogP contribution is -1.99. The number of nitro groups is 1. The van der Waals surface area contributed by atoms with Crippen molar-refractivity contribution in [3.63, 3.8) is 0 Å². The van der Waals surface area contributed by atoms with E-state index in [0.717, 1.165) is 0 Å². The molecule has 0 saturated carbocycles. The molecule has 2 rings (SSSR count). The van der Waals surface area contributed by atoms with Gasteiger partial charge in [0.2, 0.25) is 0 Å². The van der Waals surface area contributed by atoms with Gasteiger partial charge in [-0.15, -0.1) is 0 Å². The Morgan fingerprint density at radius 3 is 2.52 bits per heavy atom. The number of nitrogens with zero attached hydrogens (tertiary/aromatic N) is 1. The summed E-state index contributed by atoms with van der Waals surface area (Å²) in [5, 5.41) is 10.8.